The van der Waals surface area contributed by atoms with Gasteiger partial charge in [0.2, 0.25) is 5.78 Å². The molecule has 1 saturated carbocycles. The van der Waals surface area contributed by atoms with Gasteiger partial charge in [-0.3, -0.25) is 19.3 Å². The van der Waals surface area contributed by atoms with Gasteiger partial charge < -0.3 is 25.4 Å². The number of likely N-dealkylation sites (N-methyl/N-ethyl adjacent to an activating group) is 1. The van der Waals surface area contributed by atoms with E-state index < -0.39 is 63.6 Å². The number of rotatable bonds is 3. The third-order valence-corrected chi connectivity index (χ3v) is 7.57. The standard InChI is InChI=1S/C26H31ClN2O7.ClH/c1-25(2,3)28-24(34)18-21(31)19(29(4)5)13-10-11-9-12-14(27)7-8-15(36-6)17(12)20(30)16(11)22(32)26(13,35)23(18)33;/h7-8,11,13,19,30,33,35H,9-10H2,1-6H3,(H,28,34);1H. The average Bonchev–Trinajstić information content (AvgIpc) is 2.75. The normalized spacial score (nSPS) is 27.3. The molecular weight excluding hydrogens is 523 g/mol. The first-order valence-corrected chi connectivity index (χ1v) is 12.1. The molecule has 0 aliphatic heterocycles. The summed E-state index contributed by atoms with van der Waals surface area (Å²) in [7, 11) is 4.63. The maximum absolute atomic E-state index is 14.0. The number of ether oxygens (including phenoxy) is 1. The zero-order valence-corrected chi connectivity index (χ0v) is 23.1. The van der Waals surface area contributed by atoms with E-state index in [4.69, 9.17) is 16.3 Å². The number of hydrogen-bond donors (Lipinski definition) is 4. The van der Waals surface area contributed by atoms with E-state index in [9.17, 15) is 29.7 Å². The lowest BCUT2D eigenvalue weighted by Gasteiger charge is -2.50. The Labute approximate surface area is 226 Å². The van der Waals surface area contributed by atoms with Gasteiger partial charge in [0, 0.05) is 22.1 Å². The van der Waals surface area contributed by atoms with E-state index in [1.54, 1.807) is 47.0 Å². The monoisotopic (exact) mass is 554 g/mol. The van der Waals surface area contributed by atoms with Crippen molar-refractivity contribution in [2.24, 2.45) is 11.8 Å². The van der Waals surface area contributed by atoms with E-state index >= 15 is 0 Å². The van der Waals surface area contributed by atoms with Crippen LogP contribution in [0.15, 0.2) is 29.0 Å². The molecule has 1 amide bonds. The first-order chi connectivity index (χ1) is 16.6. The number of nitrogens with one attached hydrogen (secondary N) is 1. The average molecular weight is 555 g/mol. The molecule has 1 aromatic carbocycles. The molecule has 9 nitrogen and oxygen atoms in total. The molecule has 0 bridgehead atoms. The molecule has 202 valence electrons. The second-order valence-corrected chi connectivity index (χ2v) is 11.3. The molecule has 0 saturated heterocycles. The van der Waals surface area contributed by atoms with E-state index in [0.717, 1.165) is 0 Å². The third-order valence-electron chi connectivity index (χ3n) is 7.22. The van der Waals surface area contributed by atoms with Crippen LogP contribution in [-0.2, 0) is 20.8 Å². The molecular formula is C26H32Cl2N2O7. The number of methoxy groups -OCH3 is 1. The maximum Gasteiger partial charge on any atom is 0.258 e. The first-order valence-electron chi connectivity index (χ1n) is 11.7. The number of aliphatic hydroxyl groups excluding tert-OH is 2. The molecule has 4 rings (SSSR count). The number of halogens is 2. The van der Waals surface area contributed by atoms with Crippen molar-refractivity contribution in [3.05, 3.63) is 45.2 Å². The van der Waals surface area contributed by atoms with Crippen molar-refractivity contribution in [2.45, 2.75) is 50.8 Å². The molecule has 0 aromatic heterocycles. The molecule has 0 heterocycles. The predicted molar refractivity (Wildman–Crippen MR) is 140 cm³/mol. The summed E-state index contributed by atoms with van der Waals surface area (Å²) in [6.07, 6.45) is 0.348. The first kappa shape index (κ1) is 29.0. The minimum Gasteiger partial charge on any atom is -0.508 e. The van der Waals surface area contributed by atoms with Crippen LogP contribution >= 0.6 is 24.0 Å². The number of Topliss-reactive ketones (excluding diaryl/α,β-unsaturated/α-hetero) is 2. The fourth-order valence-electron chi connectivity index (χ4n) is 5.75. The number of carbonyl (C=O) groups is 3. The lowest BCUT2D eigenvalue weighted by Crippen LogP contribution is -2.66. The number of hydrogen-bond acceptors (Lipinski definition) is 8. The zero-order chi connectivity index (χ0) is 26.9. The predicted octanol–water partition coefficient (Wildman–Crippen LogP) is 2.77. The van der Waals surface area contributed by atoms with Crippen molar-refractivity contribution in [3.8, 4) is 5.75 Å². The summed E-state index contributed by atoms with van der Waals surface area (Å²) in [4.78, 5) is 42.1. The molecule has 37 heavy (non-hydrogen) atoms. The van der Waals surface area contributed by atoms with E-state index in [0.29, 0.717) is 16.3 Å². The van der Waals surface area contributed by atoms with Gasteiger partial charge in [0.25, 0.3) is 5.91 Å². The Morgan fingerprint density at radius 3 is 2.38 bits per heavy atom. The Kier molecular flexibility index (Phi) is 7.53. The van der Waals surface area contributed by atoms with Crippen LogP contribution in [0.2, 0.25) is 5.02 Å². The Morgan fingerprint density at radius 1 is 1.22 bits per heavy atom. The fourth-order valence-corrected chi connectivity index (χ4v) is 5.98. The van der Waals surface area contributed by atoms with E-state index in [1.165, 1.54) is 12.0 Å². The Morgan fingerprint density at radius 2 is 1.84 bits per heavy atom. The van der Waals surface area contributed by atoms with Crippen LogP contribution in [-0.4, -0.2) is 76.1 Å². The van der Waals surface area contributed by atoms with Gasteiger partial charge in [-0.15, -0.1) is 12.4 Å². The topological polar surface area (TPSA) is 136 Å². The Balaban J connectivity index is 0.00000380. The molecule has 4 unspecified atom stereocenters. The number of fused-ring (bicyclic) bond motifs is 3. The SMILES string of the molecule is COc1ccc(Cl)c2c1C(O)=C1C(=O)C3(O)C(O)=C(C(=O)NC(C)(C)C)C(=O)C(N(C)C)C3CC1C2.Cl. The van der Waals surface area contributed by atoms with Gasteiger partial charge >= 0.3 is 0 Å². The quantitative estimate of drug-likeness (QED) is 0.418. The highest BCUT2D eigenvalue weighted by Gasteiger charge is 2.64. The summed E-state index contributed by atoms with van der Waals surface area (Å²) in [5.41, 5.74) is -3.24. The number of ketones is 2. The second-order valence-electron chi connectivity index (χ2n) is 10.9. The van der Waals surface area contributed by atoms with Crippen LogP contribution in [0.3, 0.4) is 0 Å². The number of nitrogens with zero attached hydrogens (tertiary/aromatic N) is 1. The summed E-state index contributed by atoms with van der Waals surface area (Å²) in [5, 5.41) is 37.3. The van der Waals surface area contributed by atoms with Crippen molar-refractivity contribution in [2.75, 3.05) is 21.2 Å². The van der Waals surface area contributed by atoms with Gasteiger partial charge in [0.15, 0.2) is 11.4 Å². The van der Waals surface area contributed by atoms with Crippen LogP contribution in [0, 0.1) is 11.8 Å². The largest absolute Gasteiger partial charge is 0.508 e. The lowest BCUT2D eigenvalue weighted by atomic mass is 9.57. The maximum atomic E-state index is 14.0. The van der Waals surface area contributed by atoms with Gasteiger partial charge in [-0.05, 0) is 71.3 Å². The molecule has 4 N–H and O–H groups in total. The third kappa shape index (κ3) is 4.31. The lowest BCUT2D eigenvalue weighted by molar-refractivity contribution is -0.153. The number of aliphatic hydroxyl groups is 3. The van der Waals surface area contributed by atoms with Gasteiger partial charge in [-0.1, -0.05) is 11.6 Å². The van der Waals surface area contributed by atoms with Crippen LogP contribution in [0.4, 0.5) is 0 Å². The zero-order valence-electron chi connectivity index (χ0n) is 21.5. The highest BCUT2D eigenvalue weighted by molar-refractivity contribution is 6.32. The van der Waals surface area contributed by atoms with Crippen LogP contribution in [0.5, 0.6) is 5.75 Å². The van der Waals surface area contributed by atoms with Crippen LogP contribution < -0.4 is 10.1 Å². The Bertz CT molecular complexity index is 1250. The number of amides is 1. The summed E-state index contributed by atoms with van der Waals surface area (Å²) in [5.74, 6) is -5.26. The van der Waals surface area contributed by atoms with Crippen molar-refractivity contribution in [3.63, 3.8) is 0 Å². The van der Waals surface area contributed by atoms with Crippen LogP contribution in [0.25, 0.3) is 5.76 Å². The van der Waals surface area contributed by atoms with Gasteiger partial charge in [0.05, 0.1) is 18.7 Å². The number of carbonyl (C=O) groups excluding carboxylic acids is 3. The van der Waals surface area contributed by atoms with Crippen molar-refractivity contribution in [1.29, 1.82) is 0 Å². The summed E-state index contributed by atoms with van der Waals surface area (Å²) in [6, 6.07) is 2.14. The van der Waals surface area contributed by atoms with Crippen molar-refractivity contribution < 1.29 is 34.4 Å². The van der Waals surface area contributed by atoms with Gasteiger partial charge in [-0.2, -0.15) is 0 Å². The summed E-state index contributed by atoms with van der Waals surface area (Å²) in [6.45, 7) is 5.11. The second kappa shape index (κ2) is 9.62. The van der Waals surface area contributed by atoms with Crippen LogP contribution in [0.1, 0.15) is 38.3 Å². The molecule has 3 aliphatic carbocycles. The van der Waals surface area contributed by atoms with Gasteiger partial charge in [-0.25, -0.2) is 0 Å². The van der Waals surface area contributed by atoms with E-state index in [-0.39, 0.29) is 36.4 Å². The minimum atomic E-state index is -2.59. The molecule has 0 spiro atoms. The summed E-state index contributed by atoms with van der Waals surface area (Å²) < 4.78 is 5.37. The molecule has 0 radical (unpaired) electrons. The molecule has 11 heteroatoms. The molecule has 3 aliphatic rings. The Hall–Kier alpha value is -2.59. The van der Waals surface area contributed by atoms with Gasteiger partial charge in [0.1, 0.15) is 22.8 Å². The van der Waals surface area contributed by atoms with E-state index in [2.05, 4.69) is 5.32 Å². The minimum absolute atomic E-state index is 0. The highest BCUT2D eigenvalue weighted by atomic mass is 35.5. The highest BCUT2D eigenvalue weighted by Crippen LogP contribution is 2.53. The molecule has 1 fully saturated rings. The van der Waals surface area contributed by atoms with Crippen molar-refractivity contribution in [1.82, 2.24) is 10.2 Å². The smallest absolute Gasteiger partial charge is 0.258 e. The summed E-state index contributed by atoms with van der Waals surface area (Å²) >= 11 is 6.42. The molecule has 4 atom stereocenters. The van der Waals surface area contributed by atoms with E-state index in [1.807, 2.05) is 0 Å². The molecule has 1 aromatic rings. The number of benzene rings is 1. The van der Waals surface area contributed by atoms with Crippen molar-refractivity contribution >= 4 is 47.2 Å². The fraction of sp³-hybridized carbons (Fsp3) is 0.500.